The van der Waals surface area contributed by atoms with E-state index < -0.39 is 11.7 Å². The predicted octanol–water partition coefficient (Wildman–Crippen LogP) is 4.60. The first kappa shape index (κ1) is 21.7. The number of likely N-dealkylation sites (N-methyl/N-ethyl adjacent to an activating group) is 1. The molecule has 0 aliphatic rings. The molecule has 7 heteroatoms. The predicted molar refractivity (Wildman–Crippen MR) is 101 cm³/mol. The van der Waals surface area contributed by atoms with E-state index >= 15 is 0 Å². The van der Waals surface area contributed by atoms with Gasteiger partial charge in [0.2, 0.25) is 0 Å². The van der Waals surface area contributed by atoms with Crippen LogP contribution in [0.5, 0.6) is 5.75 Å². The lowest BCUT2D eigenvalue weighted by Gasteiger charge is -2.38. The van der Waals surface area contributed by atoms with E-state index in [1.54, 1.807) is 18.1 Å². The SMILES string of the molecule is CN(C(=O)COc1cccc(C(F)(F)F)c1)[C@@H](Cc1ccccn1)C(C)(C)C. The number of alkyl halides is 3. The largest absolute Gasteiger partial charge is 0.484 e. The van der Waals surface area contributed by atoms with Crippen LogP contribution in [-0.2, 0) is 17.4 Å². The van der Waals surface area contributed by atoms with E-state index in [0.717, 1.165) is 17.8 Å². The molecular weight excluding hydrogens is 369 g/mol. The Bertz CT molecular complexity index is 786. The molecule has 1 heterocycles. The number of carbonyl (C=O) groups excluding carboxylic acids is 1. The summed E-state index contributed by atoms with van der Waals surface area (Å²) in [6, 6.07) is 9.97. The van der Waals surface area contributed by atoms with Gasteiger partial charge in [-0.2, -0.15) is 13.2 Å². The van der Waals surface area contributed by atoms with Gasteiger partial charge in [-0.1, -0.05) is 32.9 Å². The summed E-state index contributed by atoms with van der Waals surface area (Å²) in [7, 11) is 1.68. The second kappa shape index (κ2) is 8.63. The highest BCUT2D eigenvalue weighted by Crippen LogP contribution is 2.31. The maximum absolute atomic E-state index is 12.8. The highest BCUT2D eigenvalue weighted by molar-refractivity contribution is 5.78. The van der Waals surface area contributed by atoms with E-state index in [2.05, 4.69) is 4.98 Å². The number of pyridine rings is 1. The molecule has 2 rings (SSSR count). The lowest BCUT2D eigenvalue weighted by molar-refractivity contribution is -0.137. The van der Waals surface area contributed by atoms with Crippen LogP contribution in [0.4, 0.5) is 13.2 Å². The maximum Gasteiger partial charge on any atom is 0.416 e. The summed E-state index contributed by atoms with van der Waals surface area (Å²) in [5.74, 6) is -0.304. The molecule has 0 spiro atoms. The van der Waals surface area contributed by atoms with E-state index in [0.29, 0.717) is 6.42 Å². The third kappa shape index (κ3) is 5.97. The van der Waals surface area contributed by atoms with E-state index in [4.69, 9.17) is 4.74 Å². The third-order valence-corrected chi connectivity index (χ3v) is 4.51. The molecule has 152 valence electrons. The Morgan fingerprint density at radius 3 is 2.43 bits per heavy atom. The fourth-order valence-electron chi connectivity index (χ4n) is 2.92. The normalized spacial score (nSPS) is 13.1. The van der Waals surface area contributed by atoms with Crippen LogP contribution >= 0.6 is 0 Å². The van der Waals surface area contributed by atoms with Gasteiger partial charge in [-0.15, -0.1) is 0 Å². The van der Waals surface area contributed by atoms with Gasteiger partial charge >= 0.3 is 6.18 Å². The van der Waals surface area contributed by atoms with Gasteiger partial charge in [0, 0.05) is 31.4 Å². The zero-order valence-electron chi connectivity index (χ0n) is 16.5. The van der Waals surface area contributed by atoms with Crippen LogP contribution in [0.25, 0.3) is 0 Å². The molecule has 1 atom stereocenters. The minimum absolute atomic E-state index is 0.00797. The molecule has 0 saturated heterocycles. The number of carbonyl (C=O) groups is 1. The standard InChI is InChI=1S/C21H25F3N2O2/c1-20(2,3)18(13-16-9-5-6-11-25-16)26(4)19(27)14-28-17-10-7-8-15(12-17)21(22,23)24/h5-12,18H,13-14H2,1-4H3/t18-/m0/s1. The van der Waals surface area contributed by atoms with Crippen LogP contribution in [0.1, 0.15) is 32.0 Å². The topological polar surface area (TPSA) is 42.4 Å². The maximum atomic E-state index is 12.8. The number of aromatic nitrogens is 1. The average Bonchev–Trinajstić information content (AvgIpc) is 2.63. The minimum atomic E-state index is -4.46. The van der Waals surface area contributed by atoms with Crippen molar-refractivity contribution in [3.8, 4) is 5.75 Å². The Hall–Kier alpha value is -2.57. The van der Waals surface area contributed by atoms with Crippen molar-refractivity contribution in [3.63, 3.8) is 0 Å². The Morgan fingerprint density at radius 1 is 1.14 bits per heavy atom. The lowest BCUT2D eigenvalue weighted by atomic mass is 9.83. The second-order valence-corrected chi connectivity index (χ2v) is 7.73. The Morgan fingerprint density at radius 2 is 1.86 bits per heavy atom. The molecule has 1 aromatic heterocycles. The molecule has 0 unspecified atom stereocenters. The van der Waals surface area contributed by atoms with Gasteiger partial charge in [0.25, 0.3) is 5.91 Å². The second-order valence-electron chi connectivity index (χ2n) is 7.73. The van der Waals surface area contributed by atoms with Crippen molar-refractivity contribution < 1.29 is 22.7 Å². The first-order valence-corrected chi connectivity index (χ1v) is 8.94. The number of nitrogens with zero attached hydrogens (tertiary/aromatic N) is 2. The smallest absolute Gasteiger partial charge is 0.416 e. The number of amides is 1. The van der Waals surface area contributed by atoms with Crippen molar-refractivity contribution in [2.24, 2.45) is 5.41 Å². The van der Waals surface area contributed by atoms with Crippen LogP contribution in [-0.4, -0.2) is 35.5 Å². The van der Waals surface area contributed by atoms with Gasteiger partial charge in [0.15, 0.2) is 6.61 Å². The first-order chi connectivity index (χ1) is 13.0. The number of benzene rings is 1. The van der Waals surface area contributed by atoms with Crippen LogP contribution in [0, 0.1) is 5.41 Å². The highest BCUT2D eigenvalue weighted by atomic mass is 19.4. The Labute approximate surface area is 163 Å². The van der Waals surface area contributed by atoms with Crippen molar-refractivity contribution in [2.75, 3.05) is 13.7 Å². The summed E-state index contributed by atoms with van der Waals surface area (Å²) in [6.07, 6.45) is -2.19. The summed E-state index contributed by atoms with van der Waals surface area (Å²) < 4.78 is 43.7. The molecule has 0 radical (unpaired) electrons. The molecule has 2 aromatic rings. The van der Waals surface area contributed by atoms with Gasteiger partial charge in [-0.3, -0.25) is 9.78 Å². The van der Waals surface area contributed by atoms with Gasteiger partial charge in [-0.05, 0) is 35.7 Å². The van der Waals surface area contributed by atoms with Crippen molar-refractivity contribution in [3.05, 3.63) is 59.9 Å². The molecule has 1 amide bonds. The summed E-state index contributed by atoms with van der Waals surface area (Å²) in [4.78, 5) is 18.5. The molecule has 0 saturated carbocycles. The number of rotatable bonds is 6. The molecular formula is C21H25F3N2O2. The van der Waals surface area contributed by atoms with E-state index in [9.17, 15) is 18.0 Å². The fraction of sp³-hybridized carbons (Fsp3) is 0.429. The number of hydrogen-bond acceptors (Lipinski definition) is 3. The third-order valence-electron chi connectivity index (χ3n) is 4.51. The molecule has 4 nitrogen and oxygen atoms in total. The van der Waals surface area contributed by atoms with E-state index in [1.807, 2.05) is 39.0 Å². The van der Waals surface area contributed by atoms with Gasteiger partial charge in [0.1, 0.15) is 5.75 Å². The molecule has 0 fully saturated rings. The summed E-state index contributed by atoms with van der Waals surface area (Å²) >= 11 is 0. The van der Waals surface area contributed by atoms with Gasteiger partial charge in [-0.25, -0.2) is 0 Å². The van der Waals surface area contributed by atoms with Crippen LogP contribution < -0.4 is 4.74 Å². The molecule has 28 heavy (non-hydrogen) atoms. The lowest BCUT2D eigenvalue weighted by Crippen LogP contribution is -2.48. The molecule has 0 aliphatic carbocycles. The Balaban J connectivity index is 2.07. The van der Waals surface area contributed by atoms with Crippen molar-refractivity contribution >= 4 is 5.91 Å². The molecule has 0 bridgehead atoms. The summed E-state index contributed by atoms with van der Waals surface area (Å²) in [5.41, 5.74) is -0.174. The summed E-state index contributed by atoms with van der Waals surface area (Å²) in [5, 5.41) is 0. The number of hydrogen-bond donors (Lipinski definition) is 0. The van der Waals surface area contributed by atoms with Crippen molar-refractivity contribution in [2.45, 2.75) is 39.4 Å². The van der Waals surface area contributed by atoms with Crippen LogP contribution in [0.2, 0.25) is 0 Å². The number of ether oxygens (including phenoxy) is 1. The van der Waals surface area contributed by atoms with Crippen LogP contribution in [0.3, 0.4) is 0 Å². The van der Waals surface area contributed by atoms with Crippen molar-refractivity contribution in [1.29, 1.82) is 0 Å². The van der Waals surface area contributed by atoms with Crippen LogP contribution in [0.15, 0.2) is 48.7 Å². The first-order valence-electron chi connectivity index (χ1n) is 8.94. The van der Waals surface area contributed by atoms with Gasteiger partial charge < -0.3 is 9.64 Å². The number of halogens is 3. The molecule has 0 N–H and O–H groups in total. The minimum Gasteiger partial charge on any atom is -0.484 e. The monoisotopic (exact) mass is 394 g/mol. The van der Waals surface area contributed by atoms with E-state index in [1.165, 1.54) is 12.1 Å². The Kier molecular flexibility index (Phi) is 6.69. The summed E-state index contributed by atoms with van der Waals surface area (Å²) in [6.45, 7) is 5.74. The van der Waals surface area contributed by atoms with Crippen molar-refractivity contribution in [1.82, 2.24) is 9.88 Å². The highest BCUT2D eigenvalue weighted by Gasteiger charge is 2.32. The fourth-order valence-corrected chi connectivity index (χ4v) is 2.92. The quantitative estimate of drug-likeness (QED) is 0.719. The van der Waals surface area contributed by atoms with Gasteiger partial charge in [0.05, 0.1) is 5.56 Å². The molecule has 1 aromatic carbocycles. The zero-order valence-corrected chi connectivity index (χ0v) is 16.5. The average molecular weight is 394 g/mol. The zero-order chi connectivity index (χ0) is 20.9. The van der Waals surface area contributed by atoms with E-state index in [-0.39, 0.29) is 29.7 Å². The molecule has 0 aliphatic heterocycles.